The van der Waals surface area contributed by atoms with Gasteiger partial charge in [-0.3, -0.25) is 4.79 Å². The molecule has 1 amide bonds. The number of nitrogens with zero attached hydrogens (tertiary/aromatic N) is 3. The van der Waals surface area contributed by atoms with Crippen LogP contribution in [0.2, 0.25) is 0 Å². The van der Waals surface area contributed by atoms with Crippen LogP contribution in [0.25, 0.3) is 10.9 Å². The number of rotatable bonds is 2. The minimum Gasteiger partial charge on any atom is -0.485 e. The van der Waals surface area contributed by atoms with Crippen molar-refractivity contribution < 1.29 is 14.3 Å². The first-order valence-electron chi connectivity index (χ1n) is 10.4. The van der Waals surface area contributed by atoms with Crippen LogP contribution in [0.5, 0.6) is 11.5 Å². The molecule has 1 atom stereocenters. The van der Waals surface area contributed by atoms with Gasteiger partial charge in [0.25, 0.3) is 5.91 Å². The van der Waals surface area contributed by atoms with Crippen molar-refractivity contribution in [2.24, 2.45) is 0 Å². The van der Waals surface area contributed by atoms with E-state index in [0.717, 1.165) is 24.4 Å². The lowest BCUT2D eigenvalue weighted by Gasteiger charge is -2.37. The number of carbonyl (C=O) groups excluding carboxylic acids is 1. The first-order chi connectivity index (χ1) is 14.6. The number of piperazine rings is 1. The number of para-hydroxylation sites is 3. The minimum absolute atomic E-state index is 0.0114. The number of benzene rings is 2. The molecule has 3 aromatic rings. The number of aromatic nitrogens is 1. The summed E-state index contributed by atoms with van der Waals surface area (Å²) < 4.78 is 11.6. The fourth-order valence-corrected chi connectivity index (χ4v) is 4.21. The average Bonchev–Trinajstić information content (AvgIpc) is 2.79. The SMILES string of the molecule is Cc1cc(N2CCN(C(=O)C3COc4ccccc4O3)CC2)nc2c(C)cccc12. The molecule has 1 saturated heterocycles. The highest BCUT2D eigenvalue weighted by Gasteiger charge is 2.33. The van der Waals surface area contributed by atoms with Crippen LogP contribution < -0.4 is 14.4 Å². The monoisotopic (exact) mass is 403 g/mol. The Bertz CT molecular complexity index is 1110. The van der Waals surface area contributed by atoms with E-state index < -0.39 is 6.10 Å². The molecule has 6 nitrogen and oxygen atoms in total. The fourth-order valence-electron chi connectivity index (χ4n) is 4.21. The summed E-state index contributed by atoms with van der Waals surface area (Å²) in [4.78, 5) is 22.0. The third-order valence-corrected chi connectivity index (χ3v) is 5.93. The highest BCUT2D eigenvalue weighted by molar-refractivity contribution is 5.86. The standard InChI is InChI=1S/C24H25N3O3/c1-16-6-5-7-18-17(2)14-22(25-23(16)18)26-10-12-27(13-11-26)24(28)21-15-29-19-8-3-4-9-20(19)30-21/h3-9,14,21H,10-13,15H2,1-2H3. The molecule has 0 aliphatic carbocycles. The van der Waals surface area contributed by atoms with E-state index in [-0.39, 0.29) is 12.5 Å². The molecular formula is C24H25N3O3. The van der Waals surface area contributed by atoms with E-state index in [0.29, 0.717) is 24.6 Å². The molecule has 3 heterocycles. The van der Waals surface area contributed by atoms with Crippen LogP contribution in [0.4, 0.5) is 5.82 Å². The third kappa shape index (κ3) is 3.32. The van der Waals surface area contributed by atoms with E-state index in [1.54, 1.807) is 0 Å². The maximum Gasteiger partial charge on any atom is 0.267 e. The number of anilines is 1. The molecule has 6 heteroatoms. The highest BCUT2D eigenvalue weighted by Crippen LogP contribution is 2.31. The van der Waals surface area contributed by atoms with Gasteiger partial charge in [-0.25, -0.2) is 4.98 Å². The Morgan fingerprint density at radius 2 is 1.73 bits per heavy atom. The zero-order valence-corrected chi connectivity index (χ0v) is 17.3. The molecule has 2 aliphatic heterocycles. The Morgan fingerprint density at radius 3 is 2.53 bits per heavy atom. The second-order valence-electron chi connectivity index (χ2n) is 7.94. The predicted octanol–water partition coefficient (Wildman–Crippen LogP) is 3.34. The Morgan fingerprint density at radius 1 is 0.967 bits per heavy atom. The van der Waals surface area contributed by atoms with Gasteiger partial charge in [0.05, 0.1) is 5.52 Å². The molecule has 0 spiro atoms. The number of hydrogen-bond acceptors (Lipinski definition) is 5. The zero-order valence-electron chi connectivity index (χ0n) is 17.3. The van der Waals surface area contributed by atoms with E-state index in [1.165, 1.54) is 16.5 Å². The zero-order chi connectivity index (χ0) is 20.7. The summed E-state index contributed by atoms with van der Waals surface area (Å²) in [6.07, 6.45) is -0.588. The van der Waals surface area contributed by atoms with Gasteiger partial charge in [-0.1, -0.05) is 30.3 Å². The van der Waals surface area contributed by atoms with Crippen molar-refractivity contribution in [2.45, 2.75) is 20.0 Å². The van der Waals surface area contributed by atoms with Crippen LogP contribution in [-0.2, 0) is 4.79 Å². The number of carbonyl (C=O) groups is 1. The first kappa shape index (κ1) is 18.7. The van der Waals surface area contributed by atoms with Gasteiger partial charge < -0.3 is 19.3 Å². The maximum absolute atomic E-state index is 13.0. The van der Waals surface area contributed by atoms with Crippen molar-refractivity contribution in [2.75, 3.05) is 37.7 Å². The lowest BCUT2D eigenvalue weighted by atomic mass is 10.1. The summed E-state index contributed by atoms with van der Waals surface area (Å²) in [5.74, 6) is 2.29. The smallest absolute Gasteiger partial charge is 0.267 e. The molecule has 1 fully saturated rings. The van der Waals surface area contributed by atoms with E-state index >= 15 is 0 Å². The van der Waals surface area contributed by atoms with Crippen LogP contribution in [0.1, 0.15) is 11.1 Å². The van der Waals surface area contributed by atoms with Crippen LogP contribution in [-0.4, -0.2) is 54.7 Å². The molecule has 0 saturated carbocycles. The second kappa shape index (κ2) is 7.52. The molecule has 1 unspecified atom stereocenters. The molecule has 0 bridgehead atoms. The second-order valence-corrected chi connectivity index (χ2v) is 7.94. The fraction of sp³-hybridized carbons (Fsp3) is 0.333. The van der Waals surface area contributed by atoms with E-state index in [2.05, 4.69) is 43.0 Å². The Hall–Kier alpha value is -3.28. The number of aryl methyl sites for hydroxylation is 2. The molecular weight excluding hydrogens is 378 g/mol. The minimum atomic E-state index is -0.588. The van der Waals surface area contributed by atoms with Crippen molar-refractivity contribution in [1.29, 1.82) is 0 Å². The molecule has 0 N–H and O–H groups in total. The average molecular weight is 403 g/mol. The van der Waals surface area contributed by atoms with Gasteiger partial charge in [-0.2, -0.15) is 0 Å². The summed E-state index contributed by atoms with van der Waals surface area (Å²) in [6, 6.07) is 15.9. The van der Waals surface area contributed by atoms with Crippen molar-refractivity contribution >= 4 is 22.6 Å². The summed E-state index contributed by atoms with van der Waals surface area (Å²) >= 11 is 0. The Labute approximate surface area is 176 Å². The number of ether oxygens (including phenoxy) is 2. The lowest BCUT2D eigenvalue weighted by Crippen LogP contribution is -2.54. The number of amides is 1. The van der Waals surface area contributed by atoms with Gasteiger partial charge in [0.15, 0.2) is 11.5 Å². The van der Waals surface area contributed by atoms with Crippen LogP contribution >= 0.6 is 0 Å². The van der Waals surface area contributed by atoms with E-state index in [4.69, 9.17) is 14.5 Å². The van der Waals surface area contributed by atoms with Crippen LogP contribution in [0.3, 0.4) is 0 Å². The number of hydrogen-bond donors (Lipinski definition) is 0. The van der Waals surface area contributed by atoms with Gasteiger partial charge in [0.2, 0.25) is 6.10 Å². The highest BCUT2D eigenvalue weighted by atomic mass is 16.6. The largest absolute Gasteiger partial charge is 0.485 e. The Kier molecular flexibility index (Phi) is 4.69. The van der Waals surface area contributed by atoms with Gasteiger partial charge in [-0.05, 0) is 43.2 Å². The van der Waals surface area contributed by atoms with Crippen molar-refractivity contribution in [1.82, 2.24) is 9.88 Å². The van der Waals surface area contributed by atoms with Gasteiger partial charge in [0.1, 0.15) is 12.4 Å². The molecule has 30 heavy (non-hydrogen) atoms. The summed E-state index contributed by atoms with van der Waals surface area (Å²) in [6.45, 7) is 7.27. The summed E-state index contributed by atoms with van der Waals surface area (Å²) in [5.41, 5.74) is 3.46. The molecule has 1 aromatic heterocycles. The Balaban J connectivity index is 1.27. The van der Waals surface area contributed by atoms with Crippen molar-refractivity contribution in [3.05, 3.63) is 59.7 Å². The van der Waals surface area contributed by atoms with Crippen molar-refractivity contribution in [3.63, 3.8) is 0 Å². The van der Waals surface area contributed by atoms with Gasteiger partial charge in [-0.15, -0.1) is 0 Å². The van der Waals surface area contributed by atoms with Gasteiger partial charge in [0, 0.05) is 31.6 Å². The van der Waals surface area contributed by atoms with Gasteiger partial charge >= 0.3 is 0 Å². The summed E-state index contributed by atoms with van der Waals surface area (Å²) in [7, 11) is 0. The lowest BCUT2D eigenvalue weighted by molar-refractivity contribution is -0.141. The molecule has 0 radical (unpaired) electrons. The topological polar surface area (TPSA) is 54.9 Å². The van der Waals surface area contributed by atoms with Crippen LogP contribution in [0, 0.1) is 13.8 Å². The third-order valence-electron chi connectivity index (χ3n) is 5.93. The summed E-state index contributed by atoms with van der Waals surface area (Å²) in [5, 5.41) is 1.20. The molecule has 2 aromatic carbocycles. The van der Waals surface area contributed by atoms with Crippen LogP contribution in [0.15, 0.2) is 48.5 Å². The molecule has 154 valence electrons. The quantitative estimate of drug-likeness (QED) is 0.657. The molecule has 5 rings (SSSR count). The van der Waals surface area contributed by atoms with E-state index in [9.17, 15) is 4.79 Å². The molecule has 2 aliphatic rings. The van der Waals surface area contributed by atoms with Crippen molar-refractivity contribution in [3.8, 4) is 11.5 Å². The number of pyridine rings is 1. The normalized spacial score (nSPS) is 18.5. The maximum atomic E-state index is 13.0. The van der Waals surface area contributed by atoms with E-state index in [1.807, 2.05) is 29.2 Å². The first-order valence-corrected chi connectivity index (χ1v) is 10.4. The predicted molar refractivity (Wildman–Crippen MR) is 116 cm³/mol. The number of fused-ring (bicyclic) bond motifs is 2.